The van der Waals surface area contributed by atoms with E-state index in [9.17, 15) is 4.79 Å². The quantitative estimate of drug-likeness (QED) is 0.450. The van der Waals surface area contributed by atoms with Crippen LogP contribution in [-0.2, 0) is 0 Å². The highest BCUT2D eigenvalue weighted by Gasteiger charge is 2.19. The minimum Gasteiger partial charge on any atom is -0.267 e. The molecule has 27 heavy (non-hydrogen) atoms. The highest BCUT2D eigenvalue weighted by Crippen LogP contribution is 2.32. The summed E-state index contributed by atoms with van der Waals surface area (Å²) in [6.45, 7) is 0. The lowest BCUT2D eigenvalue weighted by atomic mass is 10.1. The molecule has 5 aromatic rings. The van der Waals surface area contributed by atoms with E-state index in [0.29, 0.717) is 4.53 Å². The molecule has 0 atom stereocenters. The van der Waals surface area contributed by atoms with E-state index < -0.39 is 0 Å². The summed E-state index contributed by atoms with van der Waals surface area (Å²) in [4.78, 5) is 19.8. The molecule has 2 aromatic carbocycles. The molecule has 0 amide bonds. The summed E-state index contributed by atoms with van der Waals surface area (Å²) in [7, 11) is 0. The normalized spacial score (nSPS) is 12.1. The lowest BCUT2D eigenvalue weighted by Crippen LogP contribution is -2.23. The second kappa shape index (κ2) is 6.61. The van der Waals surface area contributed by atoms with Gasteiger partial charge < -0.3 is 0 Å². The van der Waals surface area contributed by atoms with Gasteiger partial charge in [0.15, 0.2) is 4.96 Å². The van der Waals surface area contributed by atoms with Gasteiger partial charge in [-0.05, 0) is 17.5 Å². The zero-order valence-electron chi connectivity index (χ0n) is 14.2. The van der Waals surface area contributed by atoms with Crippen molar-refractivity contribution in [3.63, 3.8) is 0 Å². The highest BCUT2D eigenvalue weighted by molar-refractivity contribution is 7.15. The van der Waals surface area contributed by atoms with Crippen molar-refractivity contribution < 1.29 is 0 Å². The molecule has 0 bridgehead atoms. The van der Waals surface area contributed by atoms with Crippen molar-refractivity contribution >= 4 is 33.7 Å². The number of thiophene rings is 1. The van der Waals surface area contributed by atoms with Gasteiger partial charge in [-0.1, -0.05) is 78.1 Å². The van der Waals surface area contributed by atoms with Crippen LogP contribution in [0.1, 0.15) is 4.88 Å². The number of aromatic nitrogens is 2. The molecule has 0 unspecified atom stereocenters. The fourth-order valence-corrected chi connectivity index (χ4v) is 4.86. The van der Waals surface area contributed by atoms with E-state index >= 15 is 0 Å². The first kappa shape index (κ1) is 16.2. The average molecular weight is 387 g/mol. The number of hydrogen-bond acceptors (Lipinski definition) is 4. The van der Waals surface area contributed by atoms with Crippen LogP contribution in [0.5, 0.6) is 0 Å². The molecule has 0 fully saturated rings. The number of imidazole rings is 1. The molecular weight excluding hydrogens is 372 g/mol. The number of fused-ring (bicyclic) bond motifs is 1. The van der Waals surface area contributed by atoms with E-state index in [4.69, 9.17) is 4.98 Å². The van der Waals surface area contributed by atoms with Crippen LogP contribution >= 0.6 is 22.7 Å². The monoisotopic (exact) mass is 386 g/mol. The Kier molecular flexibility index (Phi) is 3.96. The maximum atomic E-state index is 13.2. The molecule has 0 aliphatic rings. The van der Waals surface area contributed by atoms with Crippen LogP contribution in [0, 0.1) is 0 Å². The van der Waals surface area contributed by atoms with Gasteiger partial charge in [-0.2, -0.15) is 0 Å². The van der Waals surface area contributed by atoms with E-state index in [1.807, 2.05) is 84.3 Å². The van der Waals surface area contributed by atoms with Crippen LogP contribution in [0.2, 0.25) is 0 Å². The molecule has 0 spiro atoms. The van der Waals surface area contributed by atoms with E-state index in [1.54, 1.807) is 15.7 Å². The molecule has 0 radical (unpaired) electrons. The summed E-state index contributed by atoms with van der Waals surface area (Å²) >= 11 is 3.06. The molecular formula is C22H14N2OS2. The molecule has 0 saturated carbocycles. The Balaban J connectivity index is 1.84. The van der Waals surface area contributed by atoms with Gasteiger partial charge in [0.25, 0.3) is 5.56 Å². The molecule has 0 aliphatic carbocycles. The fraction of sp³-hybridized carbons (Fsp3) is 0. The van der Waals surface area contributed by atoms with Crippen molar-refractivity contribution in [2.45, 2.75) is 0 Å². The first-order valence-electron chi connectivity index (χ1n) is 8.52. The first-order valence-corrected chi connectivity index (χ1v) is 10.2. The van der Waals surface area contributed by atoms with Gasteiger partial charge in [0.1, 0.15) is 0 Å². The van der Waals surface area contributed by atoms with E-state index in [2.05, 4.69) is 0 Å². The van der Waals surface area contributed by atoms with Gasteiger partial charge in [0, 0.05) is 16.0 Å². The number of benzene rings is 2. The maximum Gasteiger partial charge on any atom is 0.275 e. The zero-order chi connectivity index (χ0) is 18.2. The average Bonchev–Trinajstić information content (AvgIpc) is 3.42. The molecule has 3 heterocycles. The summed E-state index contributed by atoms with van der Waals surface area (Å²) in [5.74, 6) is 0. The van der Waals surface area contributed by atoms with Gasteiger partial charge in [-0.15, -0.1) is 11.3 Å². The second-order valence-electron chi connectivity index (χ2n) is 6.09. The van der Waals surface area contributed by atoms with Crippen molar-refractivity contribution in [3.8, 4) is 22.5 Å². The number of nitrogens with zero attached hydrogens (tertiary/aromatic N) is 2. The highest BCUT2D eigenvalue weighted by atomic mass is 32.1. The topological polar surface area (TPSA) is 34.4 Å². The van der Waals surface area contributed by atoms with E-state index in [0.717, 1.165) is 32.4 Å². The smallest absolute Gasteiger partial charge is 0.267 e. The van der Waals surface area contributed by atoms with E-state index in [1.165, 1.54) is 11.3 Å². The summed E-state index contributed by atoms with van der Waals surface area (Å²) in [5, 5.41) is 2.01. The summed E-state index contributed by atoms with van der Waals surface area (Å²) < 4.78 is 2.46. The third-order valence-corrected chi connectivity index (χ3v) is 6.16. The summed E-state index contributed by atoms with van der Waals surface area (Å²) in [5.41, 5.74) is 3.67. The Hall–Kier alpha value is -3.02. The van der Waals surface area contributed by atoms with E-state index in [-0.39, 0.29) is 5.56 Å². The largest absolute Gasteiger partial charge is 0.275 e. The summed E-state index contributed by atoms with van der Waals surface area (Å²) in [6.07, 6.45) is 1.95. The minimum absolute atomic E-state index is 0.0167. The van der Waals surface area contributed by atoms with Crippen LogP contribution in [0.4, 0.5) is 0 Å². The van der Waals surface area contributed by atoms with Gasteiger partial charge in [-0.25, -0.2) is 9.38 Å². The van der Waals surface area contributed by atoms with Gasteiger partial charge >= 0.3 is 0 Å². The van der Waals surface area contributed by atoms with Crippen LogP contribution in [0.15, 0.2) is 83.0 Å². The van der Waals surface area contributed by atoms with Gasteiger partial charge in [-0.3, -0.25) is 4.79 Å². The molecule has 130 valence electrons. The van der Waals surface area contributed by atoms with Crippen molar-refractivity contribution in [1.82, 2.24) is 9.38 Å². The Bertz CT molecular complexity index is 1320. The standard InChI is InChI=1S/C22H14N2OS2/c25-21-18(14-17-12-7-13-26-17)27-22-23-19(15-8-3-1-4-9-15)20(24(21)22)16-10-5-2-6-11-16/h1-14H/b18-14-. The molecule has 0 aliphatic heterocycles. The third kappa shape index (κ3) is 2.81. The Morgan fingerprint density at radius 2 is 1.56 bits per heavy atom. The Morgan fingerprint density at radius 3 is 2.22 bits per heavy atom. The zero-order valence-corrected chi connectivity index (χ0v) is 15.8. The molecule has 3 aromatic heterocycles. The van der Waals surface area contributed by atoms with Crippen molar-refractivity contribution in [2.24, 2.45) is 0 Å². The van der Waals surface area contributed by atoms with Gasteiger partial charge in [0.2, 0.25) is 0 Å². The van der Waals surface area contributed by atoms with Crippen molar-refractivity contribution in [3.05, 3.63) is 97.9 Å². The molecule has 0 N–H and O–H groups in total. The summed E-state index contributed by atoms with van der Waals surface area (Å²) in [6, 6.07) is 24.0. The lowest BCUT2D eigenvalue weighted by molar-refractivity contribution is 1.15. The molecule has 0 saturated heterocycles. The van der Waals surface area contributed by atoms with Gasteiger partial charge in [0.05, 0.1) is 15.9 Å². The van der Waals surface area contributed by atoms with Crippen LogP contribution in [0.25, 0.3) is 33.6 Å². The van der Waals surface area contributed by atoms with Crippen LogP contribution < -0.4 is 10.1 Å². The Morgan fingerprint density at radius 1 is 0.852 bits per heavy atom. The number of hydrogen-bond donors (Lipinski definition) is 0. The lowest BCUT2D eigenvalue weighted by Gasteiger charge is -2.04. The van der Waals surface area contributed by atoms with Crippen molar-refractivity contribution in [1.29, 1.82) is 0 Å². The maximum absolute atomic E-state index is 13.2. The fourth-order valence-electron chi connectivity index (χ4n) is 3.16. The minimum atomic E-state index is -0.0167. The van der Waals surface area contributed by atoms with Crippen molar-refractivity contribution in [2.75, 3.05) is 0 Å². The predicted molar refractivity (Wildman–Crippen MR) is 113 cm³/mol. The SMILES string of the molecule is O=c1/c(=C/c2cccs2)sc2nc(-c3ccccc3)c(-c3ccccc3)n12. The first-order chi connectivity index (χ1) is 13.3. The second-order valence-corrected chi connectivity index (χ2v) is 8.08. The molecule has 3 nitrogen and oxygen atoms in total. The molecule has 5 rings (SSSR count). The number of rotatable bonds is 3. The molecule has 5 heteroatoms. The van der Waals surface area contributed by atoms with Crippen LogP contribution in [0.3, 0.4) is 0 Å². The predicted octanol–water partition coefficient (Wildman–Crippen LogP) is 4.70. The third-order valence-electron chi connectivity index (χ3n) is 4.37. The number of thiazole rings is 1. The van der Waals surface area contributed by atoms with Crippen LogP contribution in [-0.4, -0.2) is 9.38 Å². The Labute approximate surface area is 163 Å².